The van der Waals surface area contributed by atoms with E-state index in [0.29, 0.717) is 28.1 Å². The van der Waals surface area contributed by atoms with Crippen molar-refractivity contribution < 1.29 is 23.8 Å². The molecule has 0 atom stereocenters. The lowest BCUT2D eigenvalue weighted by Crippen LogP contribution is -2.24. The van der Waals surface area contributed by atoms with Crippen LogP contribution in [-0.4, -0.2) is 38.0 Å². The van der Waals surface area contributed by atoms with E-state index >= 15 is 0 Å². The summed E-state index contributed by atoms with van der Waals surface area (Å²) in [6, 6.07) is 2.58. The molecule has 8 nitrogen and oxygen atoms in total. The molecule has 0 fully saturated rings. The zero-order chi connectivity index (χ0) is 17.2. The molecule has 23 heavy (non-hydrogen) atoms. The first kappa shape index (κ1) is 18.8. The van der Waals surface area contributed by atoms with Crippen molar-refractivity contribution in [2.75, 3.05) is 19.8 Å². The lowest BCUT2D eigenvalue weighted by molar-refractivity contribution is -0.145. The first-order valence-electron chi connectivity index (χ1n) is 6.81. The number of benzene rings is 1. The third-order valence-corrected chi connectivity index (χ3v) is 2.95. The number of hydrazone groups is 1. The van der Waals surface area contributed by atoms with Crippen molar-refractivity contribution in [3.63, 3.8) is 0 Å². The summed E-state index contributed by atoms with van der Waals surface area (Å²) in [5.74, 6) is 0.324. The molecule has 0 spiro atoms. The number of nitrogens with one attached hydrogen (secondary N) is 1. The molecule has 0 bridgehead atoms. The Labute approximate surface area is 142 Å². The zero-order valence-corrected chi connectivity index (χ0v) is 14.4. The van der Waals surface area contributed by atoms with E-state index in [1.54, 1.807) is 19.1 Å². The summed E-state index contributed by atoms with van der Waals surface area (Å²) < 4.78 is 16.3. The number of hydrogen-bond donors (Lipinski definition) is 2. The van der Waals surface area contributed by atoms with Crippen molar-refractivity contribution in [2.24, 2.45) is 10.8 Å². The standard InChI is InChI=1S/C14H18BrN3O5/c1-3-21-11-6-9(7-17-18-14(16)20)5-10(15)13(11)23-8-12(19)22-4-2/h5-7H,3-4,8H2,1-2H3,(H3,16,18,20)/b17-7+. The number of ether oxygens (including phenoxy) is 3. The Morgan fingerprint density at radius 1 is 1.30 bits per heavy atom. The molecule has 0 unspecified atom stereocenters. The number of nitrogens with two attached hydrogens (primary N) is 1. The highest BCUT2D eigenvalue weighted by Crippen LogP contribution is 2.36. The monoisotopic (exact) mass is 387 g/mol. The molecule has 0 radical (unpaired) electrons. The Hall–Kier alpha value is -2.29. The van der Waals surface area contributed by atoms with Crippen molar-refractivity contribution >= 4 is 34.1 Å². The number of halogens is 1. The van der Waals surface area contributed by atoms with E-state index in [0.717, 1.165) is 0 Å². The van der Waals surface area contributed by atoms with Gasteiger partial charge in [0.1, 0.15) is 0 Å². The average molecular weight is 388 g/mol. The van der Waals surface area contributed by atoms with Gasteiger partial charge in [0.15, 0.2) is 18.1 Å². The van der Waals surface area contributed by atoms with E-state index in [4.69, 9.17) is 19.9 Å². The number of carbonyl (C=O) groups excluding carboxylic acids is 2. The van der Waals surface area contributed by atoms with Crippen molar-refractivity contribution in [1.29, 1.82) is 0 Å². The molecule has 2 amide bonds. The minimum absolute atomic E-state index is 0.233. The Morgan fingerprint density at radius 2 is 2.04 bits per heavy atom. The number of nitrogens with zero attached hydrogens (tertiary/aromatic N) is 1. The summed E-state index contributed by atoms with van der Waals surface area (Å²) in [5.41, 5.74) is 7.65. The second-order valence-electron chi connectivity index (χ2n) is 4.09. The van der Waals surface area contributed by atoms with Gasteiger partial charge in [-0.25, -0.2) is 15.0 Å². The number of hydrogen-bond acceptors (Lipinski definition) is 6. The molecule has 0 aliphatic heterocycles. The highest BCUT2D eigenvalue weighted by molar-refractivity contribution is 9.10. The van der Waals surface area contributed by atoms with Crippen LogP contribution in [0, 0.1) is 0 Å². The minimum Gasteiger partial charge on any atom is -0.490 e. The summed E-state index contributed by atoms with van der Waals surface area (Å²) in [4.78, 5) is 22.0. The van der Waals surface area contributed by atoms with Gasteiger partial charge < -0.3 is 19.9 Å². The fraction of sp³-hybridized carbons (Fsp3) is 0.357. The second kappa shape index (κ2) is 9.67. The van der Waals surface area contributed by atoms with Crippen molar-refractivity contribution in [1.82, 2.24) is 5.43 Å². The highest BCUT2D eigenvalue weighted by atomic mass is 79.9. The molecule has 1 aromatic rings. The summed E-state index contributed by atoms with van der Waals surface area (Å²) in [6.07, 6.45) is 1.40. The van der Waals surface area contributed by atoms with Gasteiger partial charge in [-0.15, -0.1) is 0 Å². The summed E-state index contributed by atoms with van der Waals surface area (Å²) >= 11 is 3.35. The van der Waals surface area contributed by atoms with Crippen LogP contribution in [0.4, 0.5) is 4.79 Å². The Balaban J connectivity index is 2.94. The number of primary amides is 1. The lowest BCUT2D eigenvalue weighted by atomic mass is 10.2. The van der Waals surface area contributed by atoms with Gasteiger partial charge in [-0.05, 0) is 47.5 Å². The number of urea groups is 1. The maximum Gasteiger partial charge on any atom is 0.344 e. The van der Waals surface area contributed by atoms with Gasteiger partial charge in [-0.2, -0.15) is 5.10 Å². The fourth-order valence-electron chi connectivity index (χ4n) is 1.57. The van der Waals surface area contributed by atoms with Crippen LogP contribution in [0.15, 0.2) is 21.7 Å². The first-order valence-corrected chi connectivity index (χ1v) is 7.60. The van der Waals surface area contributed by atoms with Crippen LogP contribution in [-0.2, 0) is 9.53 Å². The SMILES string of the molecule is CCOC(=O)COc1c(Br)cc(/C=N/NC(N)=O)cc1OCC. The van der Waals surface area contributed by atoms with Crippen LogP contribution in [0.25, 0.3) is 0 Å². The average Bonchev–Trinajstić information content (AvgIpc) is 2.46. The molecular formula is C14H18BrN3O5. The Morgan fingerprint density at radius 3 is 2.65 bits per heavy atom. The van der Waals surface area contributed by atoms with Crippen LogP contribution in [0.1, 0.15) is 19.4 Å². The predicted octanol–water partition coefficient (Wildman–Crippen LogP) is 1.79. The number of amides is 2. The Kier molecular flexibility index (Phi) is 7.89. The van der Waals surface area contributed by atoms with Crippen molar-refractivity contribution in [3.05, 3.63) is 22.2 Å². The van der Waals surface area contributed by atoms with Gasteiger partial charge in [-0.3, -0.25) is 0 Å². The highest BCUT2D eigenvalue weighted by Gasteiger charge is 2.14. The first-order chi connectivity index (χ1) is 11.0. The summed E-state index contributed by atoms with van der Waals surface area (Å²) in [7, 11) is 0. The van der Waals surface area contributed by atoms with Crippen LogP contribution >= 0.6 is 15.9 Å². The third kappa shape index (κ3) is 6.55. The number of rotatable bonds is 8. The molecule has 0 aromatic heterocycles. The van der Waals surface area contributed by atoms with Crippen LogP contribution in [0.2, 0.25) is 0 Å². The summed E-state index contributed by atoms with van der Waals surface area (Å²) in [5, 5.41) is 3.67. The largest absolute Gasteiger partial charge is 0.490 e. The quantitative estimate of drug-likeness (QED) is 0.401. The van der Waals surface area contributed by atoms with E-state index < -0.39 is 12.0 Å². The normalized spacial score (nSPS) is 10.4. The van der Waals surface area contributed by atoms with Crippen LogP contribution in [0.5, 0.6) is 11.5 Å². The predicted molar refractivity (Wildman–Crippen MR) is 87.8 cm³/mol. The van der Waals surface area contributed by atoms with Crippen LogP contribution < -0.4 is 20.6 Å². The van der Waals surface area contributed by atoms with Gasteiger partial charge in [0.25, 0.3) is 0 Å². The fourth-order valence-corrected chi connectivity index (χ4v) is 2.14. The second-order valence-corrected chi connectivity index (χ2v) is 4.95. The molecule has 0 heterocycles. The van der Waals surface area contributed by atoms with Crippen LogP contribution in [0.3, 0.4) is 0 Å². The van der Waals surface area contributed by atoms with E-state index in [1.807, 2.05) is 6.92 Å². The number of carbonyl (C=O) groups is 2. The van der Waals surface area contributed by atoms with Crippen molar-refractivity contribution in [2.45, 2.75) is 13.8 Å². The van der Waals surface area contributed by atoms with E-state index in [2.05, 4.69) is 26.5 Å². The van der Waals surface area contributed by atoms with E-state index in [9.17, 15) is 9.59 Å². The summed E-state index contributed by atoms with van der Waals surface area (Å²) in [6.45, 7) is 3.99. The molecule has 1 rings (SSSR count). The molecule has 3 N–H and O–H groups in total. The maximum absolute atomic E-state index is 11.4. The molecular weight excluding hydrogens is 370 g/mol. The smallest absolute Gasteiger partial charge is 0.344 e. The van der Waals surface area contributed by atoms with E-state index in [-0.39, 0.29) is 13.2 Å². The minimum atomic E-state index is -0.764. The lowest BCUT2D eigenvalue weighted by Gasteiger charge is -2.14. The molecule has 126 valence electrons. The number of esters is 1. The third-order valence-electron chi connectivity index (χ3n) is 2.36. The molecule has 0 saturated heterocycles. The molecule has 0 aliphatic carbocycles. The van der Waals surface area contributed by atoms with Crippen molar-refractivity contribution in [3.8, 4) is 11.5 Å². The van der Waals surface area contributed by atoms with Gasteiger partial charge in [-0.1, -0.05) is 0 Å². The van der Waals surface area contributed by atoms with Gasteiger partial charge in [0, 0.05) is 0 Å². The Bertz CT molecular complexity index is 592. The van der Waals surface area contributed by atoms with Gasteiger partial charge in [0.2, 0.25) is 0 Å². The van der Waals surface area contributed by atoms with E-state index in [1.165, 1.54) is 6.21 Å². The molecule has 1 aromatic carbocycles. The maximum atomic E-state index is 11.4. The zero-order valence-electron chi connectivity index (χ0n) is 12.8. The molecule has 9 heteroatoms. The molecule has 0 aliphatic rings. The van der Waals surface area contributed by atoms with Gasteiger partial charge in [0.05, 0.1) is 23.9 Å². The molecule has 0 saturated carbocycles. The van der Waals surface area contributed by atoms with Gasteiger partial charge >= 0.3 is 12.0 Å². The topological polar surface area (TPSA) is 112 Å².